The predicted octanol–water partition coefficient (Wildman–Crippen LogP) is 3.81. The maximum atomic E-state index is 12.6. The molecule has 0 amide bonds. The largest absolute Gasteiger partial charge is 0.384 e. The van der Waals surface area contributed by atoms with Crippen LogP contribution in [0.2, 0.25) is 0 Å². The fraction of sp³-hybridized carbons (Fsp3) is 0.261. The van der Waals surface area contributed by atoms with Crippen LogP contribution in [0, 0.1) is 0 Å². The van der Waals surface area contributed by atoms with Crippen molar-refractivity contribution in [2.75, 3.05) is 44.5 Å². The van der Waals surface area contributed by atoms with Crippen LogP contribution < -0.4 is 15.1 Å². The Balaban J connectivity index is 1.91. The van der Waals surface area contributed by atoms with Gasteiger partial charge in [-0.2, -0.15) is 0 Å². The number of anilines is 2. The zero-order chi connectivity index (χ0) is 19.4. The third kappa shape index (κ3) is 4.59. The standard InChI is InChI=1S/C23H27N3O/c1-25(2)19-9-5-17(6-10-19)15-21-22(24-14-13-23(21)27)16-18-7-11-20(12-8-18)26(3)4/h5-12,15-16,24H,13-14H2,1-4H3/b21-15+,22-16+. The van der Waals surface area contributed by atoms with Gasteiger partial charge < -0.3 is 15.1 Å². The summed E-state index contributed by atoms with van der Waals surface area (Å²) < 4.78 is 0. The van der Waals surface area contributed by atoms with Gasteiger partial charge in [0.1, 0.15) is 0 Å². The molecule has 1 aliphatic rings. The molecule has 1 heterocycles. The van der Waals surface area contributed by atoms with E-state index in [2.05, 4.69) is 57.6 Å². The Hall–Kier alpha value is -3.01. The number of nitrogens with zero attached hydrogens (tertiary/aromatic N) is 2. The molecule has 1 saturated heterocycles. The number of nitrogens with one attached hydrogen (secondary N) is 1. The summed E-state index contributed by atoms with van der Waals surface area (Å²) in [6.07, 6.45) is 4.56. The molecule has 2 aromatic carbocycles. The van der Waals surface area contributed by atoms with Crippen LogP contribution in [0.3, 0.4) is 0 Å². The molecule has 1 N–H and O–H groups in total. The maximum absolute atomic E-state index is 12.6. The van der Waals surface area contributed by atoms with Gasteiger partial charge in [0, 0.05) is 63.8 Å². The summed E-state index contributed by atoms with van der Waals surface area (Å²) in [5.41, 5.74) is 6.04. The van der Waals surface area contributed by atoms with Crippen molar-refractivity contribution in [2.24, 2.45) is 0 Å². The van der Waals surface area contributed by atoms with Crippen molar-refractivity contribution in [3.8, 4) is 0 Å². The Kier molecular flexibility index (Phi) is 5.65. The monoisotopic (exact) mass is 361 g/mol. The third-order valence-corrected chi connectivity index (χ3v) is 4.70. The highest BCUT2D eigenvalue weighted by atomic mass is 16.1. The minimum atomic E-state index is 0.182. The first kappa shape index (κ1) is 18.8. The van der Waals surface area contributed by atoms with Crippen LogP contribution in [-0.4, -0.2) is 40.5 Å². The molecular formula is C23H27N3O. The summed E-state index contributed by atoms with van der Waals surface area (Å²) in [6.45, 7) is 0.678. The van der Waals surface area contributed by atoms with Crippen LogP contribution in [0.1, 0.15) is 17.5 Å². The van der Waals surface area contributed by atoms with Gasteiger partial charge in [0.05, 0.1) is 0 Å². The van der Waals surface area contributed by atoms with Gasteiger partial charge in [0.25, 0.3) is 0 Å². The number of carbonyl (C=O) groups excluding carboxylic acids is 1. The first-order valence-electron chi connectivity index (χ1n) is 9.19. The molecule has 0 saturated carbocycles. The Morgan fingerprint density at radius 2 is 1.26 bits per heavy atom. The van der Waals surface area contributed by atoms with E-state index in [0.29, 0.717) is 13.0 Å². The van der Waals surface area contributed by atoms with E-state index in [1.54, 1.807) is 0 Å². The van der Waals surface area contributed by atoms with Crippen LogP contribution in [0.5, 0.6) is 0 Å². The molecule has 0 spiro atoms. The molecule has 1 aliphatic heterocycles. The number of benzene rings is 2. The van der Waals surface area contributed by atoms with Gasteiger partial charge >= 0.3 is 0 Å². The average Bonchev–Trinajstić information content (AvgIpc) is 2.65. The van der Waals surface area contributed by atoms with Crippen molar-refractivity contribution in [3.63, 3.8) is 0 Å². The molecule has 140 valence electrons. The average molecular weight is 361 g/mol. The maximum Gasteiger partial charge on any atom is 0.166 e. The van der Waals surface area contributed by atoms with Gasteiger partial charge in [-0.05, 0) is 47.5 Å². The van der Waals surface area contributed by atoms with Crippen LogP contribution in [0.25, 0.3) is 12.2 Å². The van der Waals surface area contributed by atoms with Gasteiger partial charge in [-0.15, -0.1) is 0 Å². The van der Waals surface area contributed by atoms with E-state index in [0.717, 1.165) is 33.8 Å². The lowest BCUT2D eigenvalue weighted by atomic mass is 9.96. The molecule has 2 aromatic rings. The Morgan fingerprint density at radius 3 is 1.74 bits per heavy atom. The van der Waals surface area contributed by atoms with Crippen LogP contribution >= 0.6 is 0 Å². The van der Waals surface area contributed by atoms with Crippen molar-refractivity contribution in [1.82, 2.24) is 5.32 Å². The molecule has 0 unspecified atom stereocenters. The van der Waals surface area contributed by atoms with E-state index >= 15 is 0 Å². The molecule has 4 nitrogen and oxygen atoms in total. The molecule has 0 bridgehead atoms. The normalized spacial score (nSPS) is 17.1. The number of ketones is 1. The molecule has 0 aromatic heterocycles. The molecule has 4 heteroatoms. The van der Waals surface area contributed by atoms with E-state index in [1.165, 1.54) is 0 Å². The van der Waals surface area contributed by atoms with Crippen molar-refractivity contribution in [3.05, 3.63) is 70.9 Å². The number of piperidine rings is 1. The summed E-state index contributed by atoms with van der Waals surface area (Å²) >= 11 is 0. The van der Waals surface area contributed by atoms with E-state index in [4.69, 9.17) is 0 Å². The number of hydrogen-bond acceptors (Lipinski definition) is 4. The van der Waals surface area contributed by atoms with E-state index in [9.17, 15) is 4.79 Å². The van der Waals surface area contributed by atoms with Crippen LogP contribution in [0.4, 0.5) is 11.4 Å². The highest BCUT2D eigenvalue weighted by Crippen LogP contribution is 2.23. The summed E-state index contributed by atoms with van der Waals surface area (Å²) in [4.78, 5) is 16.7. The smallest absolute Gasteiger partial charge is 0.166 e. The minimum Gasteiger partial charge on any atom is -0.384 e. The highest BCUT2D eigenvalue weighted by Gasteiger charge is 2.19. The summed E-state index contributed by atoms with van der Waals surface area (Å²) in [5.74, 6) is 0.182. The van der Waals surface area contributed by atoms with Gasteiger partial charge in [0.2, 0.25) is 0 Å². The molecule has 0 radical (unpaired) electrons. The fourth-order valence-corrected chi connectivity index (χ4v) is 3.05. The van der Waals surface area contributed by atoms with E-state index in [-0.39, 0.29) is 5.78 Å². The Labute approximate surface area is 161 Å². The molecule has 1 fully saturated rings. The van der Waals surface area contributed by atoms with Crippen molar-refractivity contribution >= 4 is 29.3 Å². The van der Waals surface area contributed by atoms with E-state index in [1.807, 2.05) is 46.4 Å². The fourth-order valence-electron chi connectivity index (χ4n) is 3.05. The number of allylic oxidation sites excluding steroid dienone is 1. The summed E-state index contributed by atoms with van der Waals surface area (Å²) in [7, 11) is 8.09. The molecule has 3 rings (SSSR count). The zero-order valence-corrected chi connectivity index (χ0v) is 16.5. The number of Topliss-reactive ketones (excluding diaryl/α,β-unsaturated/α-hetero) is 1. The lowest BCUT2D eigenvalue weighted by molar-refractivity contribution is -0.115. The molecule has 0 aliphatic carbocycles. The van der Waals surface area contributed by atoms with Gasteiger partial charge in [-0.25, -0.2) is 0 Å². The number of hydrogen-bond donors (Lipinski definition) is 1. The lowest BCUT2D eigenvalue weighted by Gasteiger charge is -2.20. The topological polar surface area (TPSA) is 35.6 Å². The third-order valence-electron chi connectivity index (χ3n) is 4.70. The van der Waals surface area contributed by atoms with E-state index < -0.39 is 0 Å². The van der Waals surface area contributed by atoms with Gasteiger partial charge in [-0.1, -0.05) is 24.3 Å². The Bertz CT molecular complexity index is 860. The molecular weight excluding hydrogens is 334 g/mol. The van der Waals surface area contributed by atoms with Gasteiger partial charge in [-0.3, -0.25) is 4.79 Å². The van der Waals surface area contributed by atoms with Crippen molar-refractivity contribution in [1.29, 1.82) is 0 Å². The van der Waals surface area contributed by atoms with Gasteiger partial charge in [0.15, 0.2) is 5.78 Å². The first-order valence-corrected chi connectivity index (χ1v) is 9.19. The predicted molar refractivity (Wildman–Crippen MR) is 115 cm³/mol. The van der Waals surface area contributed by atoms with Crippen molar-refractivity contribution in [2.45, 2.75) is 6.42 Å². The lowest BCUT2D eigenvalue weighted by Crippen LogP contribution is -2.28. The first-order chi connectivity index (χ1) is 12.9. The van der Waals surface area contributed by atoms with Crippen LogP contribution in [-0.2, 0) is 4.79 Å². The highest BCUT2D eigenvalue weighted by molar-refractivity contribution is 6.05. The molecule has 0 atom stereocenters. The summed E-state index contributed by atoms with van der Waals surface area (Å²) in [6, 6.07) is 16.5. The second kappa shape index (κ2) is 8.12. The van der Waals surface area contributed by atoms with Crippen LogP contribution in [0.15, 0.2) is 59.8 Å². The SMILES string of the molecule is CN(C)c1ccc(/C=C2/NCCC(=O)/C2=C/c2ccc(N(C)C)cc2)cc1. The minimum absolute atomic E-state index is 0.182. The number of rotatable bonds is 4. The Morgan fingerprint density at radius 1 is 0.778 bits per heavy atom. The zero-order valence-electron chi connectivity index (χ0n) is 16.5. The van der Waals surface area contributed by atoms with Crippen molar-refractivity contribution < 1.29 is 4.79 Å². The molecule has 27 heavy (non-hydrogen) atoms. The number of carbonyl (C=O) groups is 1. The second-order valence-electron chi connectivity index (χ2n) is 7.19. The summed E-state index contributed by atoms with van der Waals surface area (Å²) in [5, 5.41) is 3.39. The second-order valence-corrected chi connectivity index (χ2v) is 7.19. The quantitative estimate of drug-likeness (QED) is 0.840.